The molecule has 2 heterocycles. The smallest absolute Gasteiger partial charge is 0.272 e. The average Bonchev–Trinajstić information content (AvgIpc) is 2.58. The van der Waals surface area contributed by atoms with Crippen LogP contribution in [0, 0.1) is 0 Å². The summed E-state index contributed by atoms with van der Waals surface area (Å²) >= 11 is 0. The van der Waals surface area contributed by atoms with Gasteiger partial charge in [-0.25, -0.2) is 0 Å². The summed E-state index contributed by atoms with van der Waals surface area (Å²) in [5.41, 5.74) is 1.48. The second-order valence-electron chi connectivity index (χ2n) is 5.76. The Kier molecular flexibility index (Phi) is 6.65. The van der Waals surface area contributed by atoms with Gasteiger partial charge < -0.3 is 15.0 Å². The molecule has 5 nitrogen and oxygen atoms in total. The van der Waals surface area contributed by atoms with Gasteiger partial charge in [-0.05, 0) is 44.2 Å². The zero-order valence-electron chi connectivity index (χ0n) is 13.7. The predicted molar refractivity (Wildman–Crippen MR) is 88.2 cm³/mol. The van der Waals surface area contributed by atoms with Crippen molar-refractivity contribution in [3.8, 4) is 0 Å². The van der Waals surface area contributed by atoms with Crippen LogP contribution in [0.25, 0.3) is 0 Å². The molecular formula is C17H27N3O2. The number of ether oxygens (including phenoxy) is 1. The Hall–Kier alpha value is -1.62. The lowest BCUT2D eigenvalue weighted by Gasteiger charge is -2.35. The number of nitrogens with zero attached hydrogens (tertiary/aromatic N) is 2. The van der Waals surface area contributed by atoms with Crippen molar-refractivity contribution < 1.29 is 9.53 Å². The van der Waals surface area contributed by atoms with Crippen LogP contribution < -0.4 is 5.32 Å². The van der Waals surface area contributed by atoms with Crippen molar-refractivity contribution in [3.63, 3.8) is 0 Å². The molecule has 122 valence electrons. The first-order valence-corrected chi connectivity index (χ1v) is 8.26. The van der Waals surface area contributed by atoms with E-state index in [1.54, 1.807) is 13.3 Å². The van der Waals surface area contributed by atoms with Crippen LogP contribution in [0.4, 0.5) is 5.69 Å². The van der Waals surface area contributed by atoms with Crippen molar-refractivity contribution in [2.45, 2.75) is 45.1 Å². The van der Waals surface area contributed by atoms with Crippen LogP contribution in [0.2, 0.25) is 0 Å². The number of piperidine rings is 1. The Balaban J connectivity index is 1.99. The fraction of sp³-hybridized carbons (Fsp3) is 0.647. The van der Waals surface area contributed by atoms with Crippen LogP contribution in [0.15, 0.2) is 18.3 Å². The van der Waals surface area contributed by atoms with E-state index in [2.05, 4.69) is 17.2 Å². The topological polar surface area (TPSA) is 54.5 Å². The lowest BCUT2D eigenvalue weighted by atomic mass is 9.99. The predicted octanol–water partition coefficient (Wildman–Crippen LogP) is 2.93. The first-order chi connectivity index (χ1) is 10.8. The van der Waals surface area contributed by atoms with Crippen LogP contribution in [-0.2, 0) is 4.74 Å². The van der Waals surface area contributed by atoms with E-state index in [1.165, 1.54) is 6.42 Å². The maximum absolute atomic E-state index is 12.7. The Bertz CT molecular complexity index is 479. The highest BCUT2D eigenvalue weighted by Crippen LogP contribution is 2.22. The molecule has 1 fully saturated rings. The monoisotopic (exact) mass is 305 g/mol. The molecule has 5 heteroatoms. The van der Waals surface area contributed by atoms with Crippen molar-refractivity contribution in [2.24, 2.45) is 0 Å². The number of carbonyl (C=O) groups excluding carboxylic acids is 1. The van der Waals surface area contributed by atoms with Gasteiger partial charge in [0.2, 0.25) is 0 Å². The Morgan fingerprint density at radius 3 is 3.14 bits per heavy atom. The summed E-state index contributed by atoms with van der Waals surface area (Å²) in [5, 5.41) is 3.31. The van der Waals surface area contributed by atoms with Crippen LogP contribution in [0.1, 0.15) is 49.5 Å². The number of hydrogen-bond acceptors (Lipinski definition) is 4. The summed E-state index contributed by atoms with van der Waals surface area (Å²) in [6.45, 7) is 4.56. The molecule has 0 radical (unpaired) electrons. The minimum Gasteiger partial charge on any atom is -0.385 e. The third-order valence-electron chi connectivity index (χ3n) is 4.19. The minimum absolute atomic E-state index is 0.0621. The molecule has 0 aromatic carbocycles. The molecule has 1 amide bonds. The summed E-state index contributed by atoms with van der Waals surface area (Å²) in [6.07, 6.45) is 7.08. The molecule has 0 aliphatic carbocycles. The third-order valence-corrected chi connectivity index (χ3v) is 4.19. The van der Waals surface area contributed by atoms with E-state index in [0.717, 1.165) is 51.1 Å². The highest BCUT2D eigenvalue weighted by atomic mass is 16.5. The molecule has 0 saturated carbocycles. The highest BCUT2D eigenvalue weighted by Gasteiger charge is 2.26. The van der Waals surface area contributed by atoms with Gasteiger partial charge in [0, 0.05) is 44.7 Å². The van der Waals surface area contributed by atoms with Crippen molar-refractivity contribution in [2.75, 3.05) is 32.1 Å². The summed E-state index contributed by atoms with van der Waals surface area (Å²) in [7, 11) is 1.70. The van der Waals surface area contributed by atoms with Gasteiger partial charge in [0.25, 0.3) is 5.91 Å². The van der Waals surface area contributed by atoms with E-state index in [-0.39, 0.29) is 5.91 Å². The van der Waals surface area contributed by atoms with Gasteiger partial charge in [-0.2, -0.15) is 0 Å². The van der Waals surface area contributed by atoms with Crippen molar-refractivity contribution in [1.82, 2.24) is 9.88 Å². The number of aromatic nitrogens is 1. The average molecular weight is 305 g/mol. The van der Waals surface area contributed by atoms with Gasteiger partial charge in [-0.3, -0.25) is 9.78 Å². The van der Waals surface area contributed by atoms with E-state index in [0.29, 0.717) is 11.7 Å². The number of methoxy groups -OCH3 is 1. The number of rotatable bonds is 7. The molecular weight excluding hydrogens is 278 g/mol. The quantitative estimate of drug-likeness (QED) is 0.787. The van der Waals surface area contributed by atoms with Gasteiger partial charge >= 0.3 is 0 Å². The number of likely N-dealkylation sites (tertiary alicyclic amines) is 1. The molecule has 1 atom stereocenters. The Morgan fingerprint density at radius 1 is 1.50 bits per heavy atom. The first-order valence-electron chi connectivity index (χ1n) is 8.26. The van der Waals surface area contributed by atoms with Crippen molar-refractivity contribution >= 4 is 11.6 Å². The van der Waals surface area contributed by atoms with Gasteiger partial charge in [0.1, 0.15) is 5.69 Å². The lowest BCUT2D eigenvalue weighted by Crippen LogP contribution is -2.43. The third kappa shape index (κ3) is 4.44. The Labute approximate surface area is 133 Å². The number of amides is 1. The van der Waals surface area contributed by atoms with Gasteiger partial charge in [-0.1, -0.05) is 6.92 Å². The van der Waals surface area contributed by atoms with E-state index in [9.17, 15) is 4.79 Å². The Morgan fingerprint density at radius 2 is 2.36 bits per heavy atom. The van der Waals surface area contributed by atoms with Crippen molar-refractivity contribution in [1.29, 1.82) is 0 Å². The molecule has 2 rings (SSSR count). The maximum atomic E-state index is 12.7. The molecule has 1 N–H and O–H groups in total. The molecule has 0 spiro atoms. The van der Waals surface area contributed by atoms with E-state index < -0.39 is 0 Å². The number of pyridine rings is 1. The van der Waals surface area contributed by atoms with Crippen LogP contribution in [-0.4, -0.2) is 48.6 Å². The minimum atomic E-state index is 0.0621. The molecule has 0 bridgehead atoms. The van der Waals surface area contributed by atoms with Gasteiger partial charge in [0.15, 0.2) is 0 Å². The molecule has 1 aliphatic rings. The summed E-state index contributed by atoms with van der Waals surface area (Å²) in [6, 6.07) is 4.12. The van der Waals surface area contributed by atoms with Gasteiger partial charge in [-0.15, -0.1) is 0 Å². The molecule has 1 aromatic heterocycles. The summed E-state index contributed by atoms with van der Waals surface area (Å²) in [4.78, 5) is 19.0. The highest BCUT2D eigenvalue weighted by molar-refractivity contribution is 5.93. The lowest BCUT2D eigenvalue weighted by molar-refractivity contribution is 0.0602. The van der Waals surface area contributed by atoms with Crippen molar-refractivity contribution in [3.05, 3.63) is 24.0 Å². The first kappa shape index (κ1) is 16.7. The molecule has 1 aromatic rings. The molecule has 1 aliphatic heterocycles. The second-order valence-corrected chi connectivity index (χ2v) is 5.76. The summed E-state index contributed by atoms with van der Waals surface area (Å²) in [5.74, 6) is 0.0621. The standard InChI is InChI=1S/C17H27N3O2/c1-3-15-7-4-5-11-20(15)17(21)16-13-14(8-10-19-16)18-9-6-12-22-2/h8,10,13,15H,3-7,9,11-12H2,1-2H3,(H,18,19). The zero-order valence-corrected chi connectivity index (χ0v) is 13.7. The number of carbonyl (C=O) groups is 1. The molecule has 22 heavy (non-hydrogen) atoms. The molecule has 1 saturated heterocycles. The fourth-order valence-corrected chi connectivity index (χ4v) is 2.95. The molecule has 1 unspecified atom stereocenters. The zero-order chi connectivity index (χ0) is 15.8. The maximum Gasteiger partial charge on any atom is 0.272 e. The number of hydrogen-bond donors (Lipinski definition) is 1. The van der Waals surface area contributed by atoms with Crippen LogP contribution >= 0.6 is 0 Å². The largest absolute Gasteiger partial charge is 0.385 e. The normalized spacial score (nSPS) is 18.3. The van der Waals surface area contributed by atoms with E-state index in [4.69, 9.17) is 4.74 Å². The fourth-order valence-electron chi connectivity index (χ4n) is 2.95. The van der Waals surface area contributed by atoms with E-state index >= 15 is 0 Å². The summed E-state index contributed by atoms with van der Waals surface area (Å²) < 4.78 is 5.03. The van der Waals surface area contributed by atoms with E-state index in [1.807, 2.05) is 17.0 Å². The second kappa shape index (κ2) is 8.73. The van der Waals surface area contributed by atoms with Crippen LogP contribution in [0.3, 0.4) is 0 Å². The number of nitrogens with one attached hydrogen (secondary N) is 1. The van der Waals surface area contributed by atoms with Crippen LogP contribution in [0.5, 0.6) is 0 Å². The number of anilines is 1. The SMILES string of the molecule is CCC1CCCCN1C(=O)c1cc(NCCCOC)ccn1. The van der Waals surface area contributed by atoms with Gasteiger partial charge in [0.05, 0.1) is 0 Å².